The molecule has 4 heteroatoms. The lowest BCUT2D eigenvalue weighted by molar-refractivity contribution is 0.223. The molecule has 0 heterocycles. The van der Waals surface area contributed by atoms with Crippen molar-refractivity contribution < 1.29 is 4.79 Å². The molecular weight excluding hydrogens is 226 g/mol. The van der Waals surface area contributed by atoms with Gasteiger partial charge in [0.2, 0.25) is 0 Å². The van der Waals surface area contributed by atoms with E-state index in [9.17, 15) is 4.79 Å². The number of nitrogens with two attached hydrogens (primary N) is 1. The van der Waals surface area contributed by atoms with Gasteiger partial charge in [0.1, 0.15) is 0 Å². The summed E-state index contributed by atoms with van der Waals surface area (Å²) in [4.78, 5) is 11.8. The topological polar surface area (TPSA) is 67.1 Å². The van der Waals surface area contributed by atoms with Gasteiger partial charge in [-0.2, -0.15) is 0 Å². The van der Waals surface area contributed by atoms with Crippen LogP contribution in [0, 0.1) is 5.41 Å². The minimum Gasteiger partial charge on any atom is -0.338 e. The van der Waals surface area contributed by atoms with E-state index >= 15 is 0 Å². The van der Waals surface area contributed by atoms with Gasteiger partial charge in [-0.3, -0.25) is 0 Å². The molecule has 18 heavy (non-hydrogen) atoms. The van der Waals surface area contributed by atoms with Crippen LogP contribution in [0.5, 0.6) is 0 Å². The fraction of sp³-hybridized carbons (Fsp3) is 0.929. The molecule has 4 nitrogen and oxygen atoms in total. The largest absolute Gasteiger partial charge is 0.338 e. The number of hydrogen-bond donors (Lipinski definition) is 3. The lowest BCUT2D eigenvalue weighted by Gasteiger charge is -2.27. The van der Waals surface area contributed by atoms with Crippen LogP contribution in [0.2, 0.25) is 0 Å². The third-order valence-corrected chi connectivity index (χ3v) is 3.73. The SMILES string of the molecule is CC(C)(CCCN)CNC(=O)NC1CCCCC1. The third kappa shape index (κ3) is 6.24. The summed E-state index contributed by atoms with van der Waals surface area (Å²) < 4.78 is 0. The van der Waals surface area contributed by atoms with E-state index < -0.39 is 0 Å². The number of urea groups is 1. The maximum absolute atomic E-state index is 11.8. The van der Waals surface area contributed by atoms with Crippen LogP contribution < -0.4 is 16.4 Å². The van der Waals surface area contributed by atoms with E-state index in [2.05, 4.69) is 24.5 Å². The molecule has 1 saturated carbocycles. The zero-order valence-corrected chi connectivity index (χ0v) is 11.9. The van der Waals surface area contributed by atoms with Crippen molar-refractivity contribution in [1.82, 2.24) is 10.6 Å². The van der Waals surface area contributed by atoms with Gasteiger partial charge in [0.25, 0.3) is 0 Å². The monoisotopic (exact) mass is 255 g/mol. The van der Waals surface area contributed by atoms with E-state index in [1.807, 2.05) is 0 Å². The van der Waals surface area contributed by atoms with E-state index in [4.69, 9.17) is 5.73 Å². The van der Waals surface area contributed by atoms with E-state index in [-0.39, 0.29) is 11.4 Å². The standard InChI is InChI=1S/C14H29N3O/c1-14(2,9-6-10-15)11-16-13(18)17-12-7-4-3-5-8-12/h12H,3-11,15H2,1-2H3,(H2,16,17,18). The molecule has 0 aromatic heterocycles. The maximum atomic E-state index is 11.8. The van der Waals surface area contributed by atoms with Crippen molar-refractivity contribution >= 4 is 6.03 Å². The van der Waals surface area contributed by atoms with E-state index in [1.54, 1.807) is 0 Å². The molecule has 0 bridgehead atoms. The fourth-order valence-electron chi connectivity index (χ4n) is 2.47. The Morgan fingerprint density at radius 3 is 2.56 bits per heavy atom. The lowest BCUT2D eigenvalue weighted by Crippen LogP contribution is -2.45. The number of carbonyl (C=O) groups is 1. The molecule has 1 aliphatic rings. The number of rotatable bonds is 6. The van der Waals surface area contributed by atoms with Crippen molar-refractivity contribution in [2.75, 3.05) is 13.1 Å². The average Bonchev–Trinajstić information content (AvgIpc) is 2.36. The molecule has 2 amide bonds. The Morgan fingerprint density at radius 2 is 1.94 bits per heavy atom. The second-order valence-electron chi connectivity index (χ2n) is 6.22. The number of amides is 2. The Hall–Kier alpha value is -0.770. The summed E-state index contributed by atoms with van der Waals surface area (Å²) in [7, 11) is 0. The van der Waals surface area contributed by atoms with Crippen LogP contribution in [0.4, 0.5) is 4.79 Å². The average molecular weight is 255 g/mol. The number of carbonyl (C=O) groups excluding carboxylic acids is 1. The summed E-state index contributed by atoms with van der Waals surface area (Å²) in [6.45, 7) is 5.77. The molecule has 0 spiro atoms. The summed E-state index contributed by atoms with van der Waals surface area (Å²) in [6, 6.07) is 0.369. The Morgan fingerprint density at radius 1 is 1.28 bits per heavy atom. The van der Waals surface area contributed by atoms with Crippen molar-refractivity contribution in [2.45, 2.75) is 64.8 Å². The van der Waals surface area contributed by atoms with Gasteiger partial charge in [0.15, 0.2) is 0 Å². The molecule has 0 atom stereocenters. The first-order chi connectivity index (χ1) is 8.53. The predicted molar refractivity (Wildman–Crippen MR) is 75.5 cm³/mol. The highest BCUT2D eigenvalue weighted by Crippen LogP contribution is 2.20. The van der Waals surface area contributed by atoms with Gasteiger partial charge in [0.05, 0.1) is 0 Å². The van der Waals surface area contributed by atoms with Crippen LogP contribution in [-0.4, -0.2) is 25.2 Å². The molecule has 106 valence electrons. The Kier molecular flexibility index (Phi) is 6.47. The molecule has 0 aromatic rings. The van der Waals surface area contributed by atoms with Gasteiger partial charge in [-0.15, -0.1) is 0 Å². The zero-order valence-electron chi connectivity index (χ0n) is 11.9. The van der Waals surface area contributed by atoms with Crippen molar-refractivity contribution in [1.29, 1.82) is 0 Å². The quantitative estimate of drug-likeness (QED) is 0.682. The normalized spacial score (nSPS) is 17.5. The number of hydrogen-bond acceptors (Lipinski definition) is 2. The first-order valence-corrected chi connectivity index (χ1v) is 7.28. The Labute approximate surface area is 111 Å². The van der Waals surface area contributed by atoms with E-state index in [1.165, 1.54) is 19.3 Å². The van der Waals surface area contributed by atoms with E-state index in [0.29, 0.717) is 12.6 Å². The van der Waals surface area contributed by atoms with Crippen LogP contribution in [0.15, 0.2) is 0 Å². The highest BCUT2D eigenvalue weighted by atomic mass is 16.2. The minimum absolute atomic E-state index is 0.0114. The number of nitrogens with one attached hydrogen (secondary N) is 2. The second-order valence-corrected chi connectivity index (χ2v) is 6.22. The van der Waals surface area contributed by atoms with Crippen molar-refractivity contribution in [3.8, 4) is 0 Å². The van der Waals surface area contributed by atoms with Crippen LogP contribution in [0.3, 0.4) is 0 Å². The molecule has 1 aliphatic carbocycles. The fourth-order valence-corrected chi connectivity index (χ4v) is 2.47. The smallest absolute Gasteiger partial charge is 0.315 e. The highest BCUT2D eigenvalue weighted by Gasteiger charge is 2.20. The third-order valence-electron chi connectivity index (χ3n) is 3.73. The predicted octanol–water partition coefficient (Wildman–Crippen LogP) is 2.38. The summed E-state index contributed by atoms with van der Waals surface area (Å²) in [5, 5.41) is 6.06. The van der Waals surface area contributed by atoms with Crippen molar-refractivity contribution in [3.63, 3.8) is 0 Å². The summed E-state index contributed by atoms with van der Waals surface area (Å²) in [5.74, 6) is 0. The van der Waals surface area contributed by atoms with Crippen molar-refractivity contribution in [3.05, 3.63) is 0 Å². The first kappa shape index (κ1) is 15.3. The Bertz CT molecular complexity index is 247. The van der Waals surface area contributed by atoms with Crippen LogP contribution >= 0.6 is 0 Å². The van der Waals surface area contributed by atoms with Crippen molar-refractivity contribution in [2.24, 2.45) is 11.1 Å². The zero-order chi connectivity index (χ0) is 13.4. The summed E-state index contributed by atoms with van der Waals surface area (Å²) in [5.41, 5.74) is 5.64. The van der Waals surface area contributed by atoms with Crippen LogP contribution in [0.1, 0.15) is 58.8 Å². The molecule has 0 saturated heterocycles. The molecule has 4 N–H and O–H groups in total. The second kappa shape index (κ2) is 7.62. The van der Waals surface area contributed by atoms with Gasteiger partial charge in [0, 0.05) is 12.6 Å². The first-order valence-electron chi connectivity index (χ1n) is 7.28. The van der Waals surface area contributed by atoms with Crippen LogP contribution in [-0.2, 0) is 0 Å². The van der Waals surface area contributed by atoms with Crippen LogP contribution in [0.25, 0.3) is 0 Å². The van der Waals surface area contributed by atoms with Gasteiger partial charge >= 0.3 is 6.03 Å². The molecule has 0 radical (unpaired) electrons. The molecular formula is C14H29N3O. The molecule has 1 rings (SSSR count). The molecule has 0 aromatic carbocycles. The van der Waals surface area contributed by atoms with Gasteiger partial charge in [-0.1, -0.05) is 33.1 Å². The summed E-state index contributed by atoms with van der Waals surface area (Å²) >= 11 is 0. The van der Waals surface area contributed by atoms with Gasteiger partial charge < -0.3 is 16.4 Å². The Balaban J connectivity index is 2.19. The van der Waals surface area contributed by atoms with Gasteiger partial charge in [-0.25, -0.2) is 4.79 Å². The summed E-state index contributed by atoms with van der Waals surface area (Å²) in [6.07, 6.45) is 8.12. The maximum Gasteiger partial charge on any atom is 0.315 e. The van der Waals surface area contributed by atoms with E-state index in [0.717, 1.165) is 32.2 Å². The van der Waals surface area contributed by atoms with Gasteiger partial charge in [-0.05, 0) is 37.6 Å². The lowest BCUT2D eigenvalue weighted by atomic mass is 9.88. The molecule has 0 unspecified atom stereocenters. The highest BCUT2D eigenvalue weighted by molar-refractivity contribution is 5.74. The molecule has 0 aliphatic heterocycles. The molecule has 1 fully saturated rings. The minimum atomic E-state index is -0.0114.